The summed E-state index contributed by atoms with van der Waals surface area (Å²) < 4.78 is 28.0. The third-order valence-corrected chi connectivity index (χ3v) is 5.71. The van der Waals surface area contributed by atoms with E-state index in [2.05, 4.69) is 27.7 Å². The molecule has 1 aromatic rings. The molecule has 22 heavy (non-hydrogen) atoms. The highest BCUT2D eigenvalue weighted by Gasteiger charge is 2.55. The molecule has 1 aliphatic heterocycles. The maximum Gasteiger partial charge on any atom is 0.127 e. The summed E-state index contributed by atoms with van der Waals surface area (Å²) in [6.07, 6.45) is 1.64. The predicted octanol–water partition coefficient (Wildman–Crippen LogP) is 4.29. The van der Waals surface area contributed by atoms with Gasteiger partial charge in [0.2, 0.25) is 0 Å². The Balaban J connectivity index is 2.01. The van der Waals surface area contributed by atoms with E-state index in [1.165, 1.54) is 18.2 Å². The van der Waals surface area contributed by atoms with Crippen LogP contribution in [0.5, 0.6) is 0 Å². The Kier molecular flexibility index (Phi) is 3.61. The van der Waals surface area contributed by atoms with Crippen molar-refractivity contribution in [3.8, 4) is 0 Å². The number of rotatable bonds is 1. The van der Waals surface area contributed by atoms with Crippen LogP contribution in [0.15, 0.2) is 18.2 Å². The van der Waals surface area contributed by atoms with Gasteiger partial charge in [0.15, 0.2) is 0 Å². The zero-order chi connectivity index (χ0) is 16.3. The van der Waals surface area contributed by atoms with Gasteiger partial charge in [-0.2, -0.15) is 5.06 Å². The standard InChI is InChI=1S/C18H25F2NO/c1-11-9-18(4,13-8-12(19)6-7-15(13)20)10-14-16(11)21(5)22-17(14,2)3/h6-8,11,14,16H,9-10H2,1-5H3/t11-,14+,16+,18+/m0/s1. The smallest absolute Gasteiger partial charge is 0.127 e. The molecule has 3 rings (SSSR count). The lowest BCUT2D eigenvalue weighted by Gasteiger charge is -2.46. The number of hydrogen-bond acceptors (Lipinski definition) is 2. The van der Waals surface area contributed by atoms with Gasteiger partial charge < -0.3 is 0 Å². The first-order chi connectivity index (χ1) is 10.1. The van der Waals surface area contributed by atoms with Crippen molar-refractivity contribution in [2.75, 3.05) is 7.05 Å². The Hall–Kier alpha value is -1.00. The zero-order valence-corrected chi connectivity index (χ0v) is 14.0. The minimum atomic E-state index is -0.369. The summed E-state index contributed by atoms with van der Waals surface area (Å²) >= 11 is 0. The SMILES string of the molecule is C[C@H]1C[C@@](C)(c2cc(F)ccc2F)C[C@@H]2[C@@H]1N(C)OC2(C)C. The van der Waals surface area contributed by atoms with Crippen LogP contribution in [0.2, 0.25) is 0 Å². The molecule has 2 fully saturated rings. The second-order valence-electron chi connectivity index (χ2n) is 7.91. The molecule has 1 saturated heterocycles. The van der Waals surface area contributed by atoms with E-state index in [1.54, 1.807) is 0 Å². The van der Waals surface area contributed by atoms with Gasteiger partial charge >= 0.3 is 0 Å². The zero-order valence-electron chi connectivity index (χ0n) is 14.0. The summed E-state index contributed by atoms with van der Waals surface area (Å²) in [5, 5.41) is 1.97. The van der Waals surface area contributed by atoms with Crippen LogP contribution in [0.25, 0.3) is 0 Å². The molecule has 2 aliphatic rings. The molecule has 0 N–H and O–H groups in total. The Morgan fingerprint density at radius 3 is 2.55 bits per heavy atom. The molecular weight excluding hydrogens is 284 g/mol. The number of halogens is 2. The maximum atomic E-state index is 14.3. The molecule has 0 radical (unpaired) electrons. The van der Waals surface area contributed by atoms with Gasteiger partial charge in [0, 0.05) is 19.0 Å². The van der Waals surface area contributed by atoms with E-state index in [9.17, 15) is 8.78 Å². The van der Waals surface area contributed by atoms with E-state index < -0.39 is 0 Å². The summed E-state index contributed by atoms with van der Waals surface area (Å²) in [6.45, 7) is 8.43. The van der Waals surface area contributed by atoms with Crippen molar-refractivity contribution in [1.82, 2.24) is 5.06 Å². The van der Waals surface area contributed by atoms with Crippen LogP contribution >= 0.6 is 0 Å². The fourth-order valence-electron chi connectivity index (χ4n) is 4.87. The maximum absolute atomic E-state index is 14.3. The van der Waals surface area contributed by atoms with Gasteiger partial charge in [0.05, 0.1) is 5.60 Å². The highest BCUT2D eigenvalue weighted by atomic mass is 19.1. The Bertz CT molecular complexity index is 588. The largest absolute Gasteiger partial charge is 0.293 e. The third kappa shape index (κ3) is 2.37. The molecule has 1 saturated carbocycles. The lowest BCUT2D eigenvalue weighted by molar-refractivity contribution is -0.182. The van der Waals surface area contributed by atoms with E-state index in [-0.39, 0.29) is 22.7 Å². The summed E-state index contributed by atoms with van der Waals surface area (Å²) in [4.78, 5) is 6.01. The molecule has 4 heteroatoms. The van der Waals surface area contributed by atoms with Crippen LogP contribution in [0.3, 0.4) is 0 Å². The molecule has 0 spiro atoms. The van der Waals surface area contributed by atoms with Gasteiger partial charge in [-0.05, 0) is 61.8 Å². The minimum absolute atomic E-state index is 0.279. The van der Waals surface area contributed by atoms with Gasteiger partial charge in [-0.15, -0.1) is 0 Å². The first-order valence-corrected chi connectivity index (χ1v) is 8.01. The van der Waals surface area contributed by atoms with Crippen molar-refractivity contribution < 1.29 is 13.6 Å². The summed E-state index contributed by atoms with van der Waals surface area (Å²) in [5.74, 6) is -0.0156. The fourth-order valence-corrected chi connectivity index (χ4v) is 4.87. The number of hydroxylamine groups is 2. The van der Waals surface area contributed by atoms with E-state index in [0.717, 1.165) is 12.8 Å². The lowest BCUT2D eigenvalue weighted by atomic mass is 9.59. The molecule has 0 unspecified atom stereocenters. The van der Waals surface area contributed by atoms with Crippen LogP contribution < -0.4 is 0 Å². The molecule has 4 atom stereocenters. The number of hydrogen-bond donors (Lipinski definition) is 0. The molecule has 1 aromatic carbocycles. The van der Waals surface area contributed by atoms with Crippen molar-refractivity contribution in [1.29, 1.82) is 0 Å². The highest BCUT2D eigenvalue weighted by Crippen LogP contribution is 2.53. The molecule has 0 amide bonds. The van der Waals surface area contributed by atoms with Crippen molar-refractivity contribution >= 4 is 0 Å². The predicted molar refractivity (Wildman–Crippen MR) is 82.3 cm³/mol. The monoisotopic (exact) mass is 309 g/mol. The molecule has 0 aromatic heterocycles. The molecular formula is C18H25F2NO. The van der Waals surface area contributed by atoms with E-state index >= 15 is 0 Å². The van der Waals surface area contributed by atoms with E-state index in [4.69, 9.17) is 4.84 Å². The molecule has 122 valence electrons. The molecule has 0 bridgehead atoms. The first-order valence-electron chi connectivity index (χ1n) is 8.01. The molecule has 1 aliphatic carbocycles. The average molecular weight is 309 g/mol. The van der Waals surface area contributed by atoms with Crippen LogP contribution in [0.4, 0.5) is 8.78 Å². The quantitative estimate of drug-likeness (QED) is 0.767. The van der Waals surface area contributed by atoms with Gasteiger partial charge in [-0.3, -0.25) is 4.84 Å². The van der Waals surface area contributed by atoms with E-state index in [1.807, 2.05) is 12.1 Å². The van der Waals surface area contributed by atoms with Gasteiger partial charge in [-0.1, -0.05) is 13.8 Å². The summed E-state index contributed by atoms with van der Waals surface area (Å²) in [5.41, 5.74) is -0.138. The van der Waals surface area contributed by atoms with Crippen molar-refractivity contribution in [2.45, 2.75) is 57.6 Å². The Labute approximate surface area is 131 Å². The highest BCUT2D eigenvalue weighted by molar-refractivity contribution is 5.29. The summed E-state index contributed by atoms with van der Waals surface area (Å²) in [6, 6.07) is 4.14. The van der Waals surface area contributed by atoms with Crippen LogP contribution in [0.1, 0.15) is 46.1 Å². The fraction of sp³-hybridized carbons (Fsp3) is 0.667. The Morgan fingerprint density at radius 1 is 1.18 bits per heavy atom. The average Bonchev–Trinajstić information content (AvgIpc) is 2.62. The second kappa shape index (κ2) is 5.00. The van der Waals surface area contributed by atoms with Gasteiger partial charge in [0.1, 0.15) is 11.6 Å². The minimum Gasteiger partial charge on any atom is -0.293 e. The third-order valence-electron chi connectivity index (χ3n) is 5.71. The van der Waals surface area contributed by atoms with E-state index in [0.29, 0.717) is 23.4 Å². The topological polar surface area (TPSA) is 12.5 Å². The summed E-state index contributed by atoms with van der Waals surface area (Å²) in [7, 11) is 1.98. The van der Waals surface area contributed by atoms with Crippen LogP contribution in [-0.4, -0.2) is 23.8 Å². The molecule has 2 nitrogen and oxygen atoms in total. The lowest BCUT2D eigenvalue weighted by Crippen LogP contribution is -2.48. The van der Waals surface area contributed by atoms with Gasteiger partial charge in [0.25, 0.3) is 0 Å². The number of nitrogens with zero attached hydrogens (tertiary/aromatic N) is 1. The number of benzene rings is 1. The van der Waals surface area contributed by atoms with Crippen molar-refractivity contribution in [2.24, 2.45) is 11.8 Å². The van der Waals surface area contributed by atoms with Gasteiger partial charge in [-0.25, -0.2) is 8.78 Å². The second-order valence-corrected chi connectivity index (χ2v) is 7.91. The first kappa shape index (κ1) is 15.9. The van der Waals surface area contributed by atoms with Crippen molar-refractivity contribution in [3.63, 3.8) is 0 Å². The van der Waals surface area contributed by atoms with Crippen LogP contribution in [-0.2, 0) is 10.3 Å². The molecule has 1 heterocycles. The Morgan fingerprint density at radius 2 is 1.86 bits per heavy atom. The van der Waals surface area contributed by atoms with Crippen LogP contribution in [0, 0.1) is 23.5 Å². The normalized spacial score (nSPS) is 38.0. The number of fused-ring (bicyclic) bond motifs is 1. The van der Waals surface area contributed by atoms with Crippen molar-refractivity contribution in [3.05, 3.63) is 35.4 Å².